The van der Waals surface area contributed by atoms with Crippen LogP contribution >= 0.6 is 0 Å². The smallest absolute Gasteiger partial charge is 0.295 e. The molecule has 0 spiro atoms. The van der Waals surface area contributed by atoms with Crippen LogP contribution in [0.3, 0.4) is 0 Å². The highest BCUT2D eigenvalue weighted by atomic mass is 16.5. The molecular weight excluding hydrogens is 232 g/mol. The van der Waals surface area contributed by atoms with Crippen LogP contribution < -0.4 is 20.9 Å². The SMILES string of the molecule is CCC(CC)N(CCN)c1nc[nH]c(=O)c1OC. The van der Waals surface area contributed by atoms with Crippen molar-refractivity contribution in [1.82, 2.24) is 9.97 Å². The van der Waals surface area contributed by atoms with Gasteiger partial charge in [-0.2, -0.15) is 0 Å². The quantitative estimate of drug-likeness (QED) is 0.749. The maximum absolute atomic E-state index is 11.7. The summed E-state index contributed by atoms with van der Waals surface area (Å²) in [6.45, 7) is 5.38. The van der Waals surface area contributed by atoms with E-state index in [0.29, 0.717) is 24.9 Å². The summed E-state index contributed by atoms with van der Waals surface area (Å²) in [5, 5.41) is 0. The summed E-state index contributed by atoms with van der Waals surface area (Å²) in [5.74, 6) is 0.818. The molecule has 0 unspecified atom stereocenters. The Hall–Kier alpha value is -1.56. The van der Waals surface area contributed by atoms with Gasteiger partial charge in [0.1, 0.15) is 0 Å². The fraction of sp³-hybridized carbons (Fsp3) is 0.667. The van der Waals surface area contributed by atoms with E-state index in [2.05, 4.69) is 23.8 Å². The normalized spacial score (nSPS) is 10.7. The first-order valence-corrected chi connectivity index (χ1v) is 6.27. The van der Waals surface area contributed by atoms with Crippen LogP contribution in [0, 0.1) is 0 Å². The van der Waals surface area contributed by atoms with E-state index in [0.717, 1.165) is 12.8 Å². The van der Waals surface area contributed by atoms with Crippen LogP contribution in [0.2, 0.25) is 0 Å². The number of anilines is 1. The maximum atomic E-state index is 11.7. The van der Waals surface area contributed by atoms with Crippen LogP contribution in [-0.4, -0.2) is 36.2 Å². The Morgan fingerprint density at radius 1 is 1.50 bits per heavy atom. The van der Waals surface area contributed by atoms with Crippen LogP contribution in [0.15, 0.2) is 11.1 Å². The summed E-state index contributed by atoms with van der Waals surface area (Å²) >= 11 is 0. The summed E-state index contributed by atoms with van der Waals surface area (Å²) in [6, 6.07) is 0.303. The third kappa shape index (κ3) is 3.01. The van der Waals surface area contributed by atoms with Gasteiger partial charge >= 0.3 is 0 Å². The molecule has 6 nitrogen and oxygen atoms in total. The third-order valence-corrected chi connectivity index (χ3v) is 3.02. The van der Waals surface area contributed by atoms with E-state index in [1.54, 1.807) is 0 Å². The topological polar surface area (TPSA) is 84.2 Å². The lowest BCUT2D eigenvalue weighted by Crippen LogP contribution is -2.39. The second kappa shape index (κ2) is 7.00. The van der Waals surface area contributed by atoms with Crippen molar-refractivity contribution in [3.8, 4) is 5.75 Å². The minimum atomic E-state index is -0.268. The molecule has 0 fully saturated rings. The molecule has 1 rings (SSSR count). The van der Waals surface area contributed by atoms with Gasteiger partial charge in [-0.05, 0) is 12.8 Å². The van der Waals surface area contributed by atoms with E-state index in [-0.39, 0.29) is 11.3 Å². The van der Waals surface area contributed by atoms with Gasteiger partial charge in [0, 0.05) is 19.1 Å². The van der Waals surface area contributed by atoms with Crippen LogP contribution in [0.1, 0.15) is 26.7 Å². The van der Waals surface area contributed by atoms with Crippen LogP contribution in [0.4, 0.5) is 5.82 Å². The number of H-pyrrole nitrogens is 1. The number of nitrogens with zero attached hydrogens (tertiary/aromatic N) is 2. The molecule has 6 heteroatoms. The first-order chi connectivity index (χ1) is 8.69. The first-order valence-electron chi connectivity index (χ1n) is 6.27. The Kier molecular flexibility index (Phi) is 5.64. The number of rotatable bonds is 7. The van der Waals surface area contributed by atoms with Crippen LogP contribution in [-0.2, 0) is 0 Å². The van der Waals surface area contributed by atoms with Crippen LogP contribution in [0.25, 0.3) is 0 Å². The second-order valence-corrected chi connectivity index (χ2v) is 4.04. The molecule has 3 N–H and O–H groups in total. The highest BCUT2D eigenvalue weighted by Crippen LogP contribution is 2.24. The molecule has 0 saturated carbocycles. The Labute approximate surface area is 107 Å². The number of aromatic amines is 1. The molecule has 0 saturated heterocycles. The second-order valence-electron chi connectivity index (χ2n) is 4.04. The van der Waals surface area contributed by atoms with Gasteiger partial charge < -0.3 is 20.4 Å². The summed E-state index contributed by atoms with van der Waals surface area (Å²) in [5.41, 5.74) is 5.38. The monoisotopic (exact) mass is 254 g/mol. The van der Waals surface area contributed by atoms with Crippen molar-refractivity contribution in [3.63, 3.8) is 0 Å². The van der Waals surface area contributed by atoms with Crippen molar-refractivity contribution in [2.75, 3.05) is 25.1 Å². The lowest BCUT2D eigenvalue weighted by atomic mass is 10.1. The summed E-state index contributed by atoms with van der Waals surface area (Å²) in [7, 11) is 1.48. The molecule has 0 atom stereocenters. The molecule has 0 aliphatic heterocycles. The zero-order valence-electron chi connectivity index (χ0n) is 11.3. The third-order valence-electron chi connectivity index (χ3n) is 3.02. The molecule has 1 aromatic rings. The maximum Gasteiger partial charge on any atom is 0.295 e. The van der Waals surface area contributed by atoms with E-state index < -0.39 is 0 Å². The van der Waals surface area contributed by atoms with Gasteiger partial charge in [-0.1, -0.05) is 13.8 Å². The number of aromatic nitrogens is 2. The lowest BCUT2D eigenvalue weighted by molar-refractivity contribution is 0.402. The zero-order valence-corrected chi connectivity index (χ0v) is 11.3. The van der Waals surface area contributed by atoms with E-state index in [1.807, 2.05) is 4.90 Å². The van der Waals surface area contributed by atoms with Crippen molar-refractivity contribution < 1.29 is 4.74 Å². The molecule has 102 valence electrons. The average Bonchev–Trinajstić information content (AvgIpc) is 2.38. The fourth-order valence-electron chi connectivity index (χ4n) is 2.10. The highest BCUT2D eigenvalue weighted by molar-refractivity contribution is 5.51. The molecule has 0 aromatic carbocycles. The van der Waals surface area contributed by atoms with E-state index >= 15 is 0 Å². The average molecular weight is 254 g/mol. The Morgan fingerprint density at radius 3 is 2.67 bits per heavy atom. The fourth-order valence-corrected chi connectivity index (χ4v) is 2.10. The number of ether oxygens (including phenoxy) is 1. The Bertz CT molecular complexity index is 415. The van der Waals surface area contributed by atoms with Crippen molar-refractivity contribution in [2.45, 2.75) is 32.7 Å². The largest absolute Gasteiger partial charge is 0.489 e. The minimum Gasteiger partial charge on any atom is -0.489 e. The van der Waals surface area contributed by atoms with Gasteiger partial charge in [-0.25, -0.2) is 4.98 Å². The molecule has 0 amide bonds. The number of hydrogen-bond donors (Lipinski definition) is 2. The standard InChI is InChI=1S/C12H22N4O2/c1-4-9(5-2)16(7-6-13)11-10(18-3)12(17)15-8-14-11/h8-9H,4-7,13H2,1-3H3,(H,14,15,17). The van der Waals surface area contributed by atoms with Crippen molar-refractivity contribution in [3.05, 3.63) is 16.7 Å². The minimum absolute atomic E-state index is 0.248. The van der Waals surface area contributed by atoms with E-state index in [4.69, 9.17) is 10.5 Å². The summed E-state index contributed by atoms with van der Waals surface area (Å²) < 4.78 is 5.15. The van der Waals surface area contributed by atoms with Gasteiger partial charge in [0.15, 0.2) is 5.82 Å². The number of methoxy groups -OCH3 is 1. The zero-order chi connectivity index (χ0) is 13.5. The van der Waals surface area contributed by atoms with Gasteiger partial charge in [-0.15, -0.1) is 0 Å². The first kappa shape index (κ1) is 14.5. The van der Waals surface area contributed by atoms with Crippen molar-refractivity contribution >= 4 is 5.82 Å². The molecule has 0 aliphatic rings. The van der Waals surface area contributed by atoms with E-state index in [1.165, 1.54) is 13.4 Å². The number of hydrogen-bond acceptors (Lipinski definition) is 5. The molecule has 0 radical (unpaired) electrons. The highest BCUT2D eigenvalue weighted by Gasteiger charge is 2.21. The number of nitrogens with two attached hydrogens (primary N) is 1. The molecular formula is C12H22N4O2. The van der Waals surface area contributed by atoms with Gasteiger partial charge in [0.05, 0.1) is 13.4 Å². The van der Waals surface area contributed by atoms with Gasteiger partial charge in [0.2, 0.25) is 5.75 Å². The molecule has 1 heterocycles. The molecule has 1 aromatic heterocycles. The molecule has 0 aliphatic carbocycles. The predicted molar refractivity (Wildman–Crippen MR) is 72.2 cm³/mol. The Balaban J connectivity index is 3.20. The molecule has 18 heavy (non-hydrogen) atoms. The van der Waals surface area contributed by atoms with Gasteiger partial charge in [-0.3, -0.25) is 4.79 Å². The van der Waals surface area contributed by atoms with Gasteiger partial charge in [0.25, 0.3) is 5.56 Å². The van der Waals surface area contributed by atoms with Crippen molar-refractivity contribution in [2.24, 2.45) is 5.73 Å². The predicted octanol–water partition coefficient (Wildman–Crippen LogP) is 0.732. The Morgan fingerprint density at radius 2 is 2.17 bits per heavy atom. The summed E-state index contributed by atoms with van der Waals surface area (Å²) in [6.07, 6.45) is 3.33. The van der Waals surface area contributed by atoms with E-state index in [9.17, 15) is 4.79 Å². The molecule has 0 bridgehead atoms. The lowest BCUT2D eigenvalue weighted by Gasteiger charge is -2.31. The van der Waals surface area contributed by atoms with Crippen molar-refractivity contribution in [1.29, 1.82) is 0 Å². The summed E-state index contributed by atoms with van der Waals surface area (Å²) in [4.78, 5) is 20.5. The number of nitrogens with one attached hydrogen (secondary N) is 1. The van der Waals surface area contributed by atoms with Crippen LogP contribution in [0.5, 0.6) is 5.75 Å².